The Labute approximate surface area is 120 Å². The molecule has 20 heavy (non-hydrogen) atoms. The zero-order valence-electron chi connectivity index (χ0n) is 11.7. The molecule has 0 unspecified atom stereocenters. The van der Waals surface area contributed by atoms with Gasteiger partial charge in [-0.25, -0.2) is 4.79 Å². The number of hydrogen-bond donors (Lipinski definition) is 1. The van der Waals surface area contributed by atoms with Crippen molar-refractivity contribution in [3.63, 3.8) is 0 Å². The summed E-state index contributed by atoms with van der Waals surface area (Å²) >= 11 is 0. The maximum absolute atomic E-state index is 11.7. The third kappa shape index (κ3) is 4.09. The molecule has 1 aromatic carbocycles. The Hall–Kier alpha value is -2.36. The number of benzene rings is 1. The van der Waals surface area contributed by atoms with E-state index >= 15 is 0 Å². The maximum Gasteiger partial charge on any atom is 0.412 e. The van der Waals surface area contributed by atoms with Gasteiger partial charge in [0.25, 0.3) is 0 Å². The summed E-state index contributed by atoms with van der Waals surface area (Å²) in [6, 6.07) is 11.0. The summed E-state index contributed by atoms with van der Waals surface area (Å²) in [4.78, 5) is 15.8. The summed E-state index contributed by atoms with van der Waals surface area (Å²) in [7, 11) is 0. The molecule has 0 aliphatic carbocycles. The fourth-order valence-electron chi connectivity index (χ4n) is 1.73. The first-order valence-electron chi connectivity index (χ1n) is 6.59. The first kappa shape index (κ1) is 14.1. The van der Waals surface area contributed by atoms with Crippen LogP contribution in [0.25, 0.3) is 0 Å². The van der Waals surface area contributed by atoms with Gasteiger partial charge in [-0.15, -0.1) is 0 Å². The van der Waals surface area contributed by atoms with E-state index in [0.717, 1.165) is 11.1 Å². The van der Waals surface area contributed by atoms with Gasteiger partial charge in [-0.05, 0) is 29.2 Å². The standard InChI is InChI=1S/C16H18N2O2.H2/c1-12(2)14-8-13(9-17-11-14)10-18-16(19)20-15-6-4-3-5-7-15;/h3-9,11-12H,10H2,1-2H3,(H,18,19);1H. The van der Waals surface area contributed by atoms with E-state index in [1.165, 1.54) is 0 Å². The Morgan fingerprint density at radius 1 is 1.30 bits per heavy atom. The molecule has 0 bridgehead atoms. The SMILES string of the molecule is CC(C)c1cncc(CNC(=O)Oc2ccccc2)c1.[HH]. The number of para-hydroxylation sites is 1. The number of carbonyl (C=O) groups excluding carboxylic acids is 1. The van der Waals surface area contributed by atoms with Crippen molar-refractivity contribution in [2.45, 2.75) is 26.3 Å². The second kappa shape index (κ2) is 6.70. The molecule has 0 aliphatic rings. The lowest BCUT2D eigenvalue weighted by molar-refractivity contribution is 0.200. The number of nitrogens with one attached hydrogen (secondary N) is 1. The molecule has 0 spiro atoms. The fraction of sp³-hybridized carbons (Fsp3) is 0.250. The maximum atomic E-state index is 11.7. The molecule has 4 nitrogen and oxygen atoms in total. The van der Waals surface area contributed by atoms with E-state index in [4.69, 9.17) is 4.74 Å². The Balaban J connectivity index is 0.00000220. The third-order valence-electron chi connectivity index (χ3n) is 2.87. The third-order valence-corrected chi connectivity index (χ3v) is 2.87. The van der Waals surface area contributed by atoms with Gasteiger partial charge in [0.15, 0.2) is 0 Å². The molecule has 1 aromatic heterocycles. The first-order valence-corrected chi connectivity index (χ1v) is 6.59. The van der Waals surface area contributed by atoms with Crippen LogP contribution in [0.5, 0.6) is 5.75 Å². The Bertz CT molecular complexity index is 573. The van der Waals surface area contributed by atoms with Crippen LogP contribution < -0.4 is 10.1 Å². The highest BCUT2D eigenvalue weighted by molar-refractivity contribution is 5.70. The predicted octanol–water partition coefficient (Wildman–Crippen LogP) is 3.74. The number of rotatable bonds is 4. The molecule has 0 radical (unpaired) electrons. The average molecular weight is 272 g/mol. The molecule has 1 amide bonds. The second-order valence-electron chi connectivity index (χ2n) is 4.84. The van der Waals surface area contributed by atoms with Crippen LogP contribution in [0, 0.1) is 0 Å². The minimum absolute atomic E-state index is 0. The zero-order chi connectivity index (χ0) is 14.4. The molecule has 106 valence electrons. The summed E-state index contributed by atoms with van der Waals surface area (Å²) in [6.07, 6.45) is 3.12. The topological polar surface area (TPSA) is 51.2 Å². The number of ether oxygens (including phenoxy) is 1. The molecule has 2 aromatic rings. The first-order chi connectivity index (χ1) is 9.65. The number of aromatic nitrogens is 1. The number of pyridine rings is 1. The van der Waals surface area contributed by atoms with Crippen LogP contribution in [0.15, 0.2) is 48.8 Å². The largest absolute Gasteiger partial charge is 0.412 e. The summed E-state index contributed by atoms with van der Waals surface area (Å²) in [5.41, 5.74) is 2.11. The lowest BCUT2D eigenvalue weighted by atomic mass is 10.0. The van der Waals surface area contributed by atoms with Gasteiger partial charge in [0.05, 0.1) is 0 Å². The van der Waals surface area contributed by atoms with Gasteiger partial charge in [0, 0.05) is 20.4 Å². The molecule has 0 aliphatic heterocycles. The predicted molar refractivity (Wildman–Crippen MR) is 79.7 cm³/mol. The molecule has 4 heteroatoms. The number of hydrogen-bond acceptors (Lipinski definition) is 3. The smallest absolute Gasteiger partial charge is 0.410 e. The van der Waals surface area contributed by atoms with E-state index < -0.39 is 6.09 Å². The van der Waals surface area contributed by atoms with E-state index in [1.54, 1.807) is 18.3 Å². The van der Waals surface area contributed by atoms with Crippen molar-refractivity contribution in [2.24, 2.45) is 0 Å². The van der Waals surface area contributed by atoms with Gasteiger partial charge in [0.1, 0.15) is 5.75 Å². The van der Waals surface area contributed by atoms with Gasteiger partial charge >= 0.3 is 6.09 Å². The van der Waals surface area contributed by atoms with Crippen molar-refractivity contribution in [2.75, 3.05) is 0 Å². The van der Waals surface area contributed by atoms with Crippen molar-refractivity contribution in [3.8, 4) is 5.75 Å². The zero-order valence-corrected chi connectivity index (χ0v) is 11.7. The van der Waals surface area contributed by atoms with Crippen molar-refractivity contribution in [3.05, 3.63) is 59.9 Å². The Morgan fingerprint density at radius 2 is 2.05 bits per heavy atom. The number of amides is 1. The highest BCUT2D eigenvalue weighted by Crippen LogP contribution is 2.14. The number of nitrogens with zero attached hydrogens (tertiary/aromatic N) is 1. The lowest BCUT2D eigenvalue weighted by Crippen LogP contribution is -2.26. The summed E-state index contributed by atoms with van der Waals surface area (Å²) < 4.78 is 5.14. The van der Waals surface area contributed by atoms with E-state index in [1.807, 2.05) is 30.5 Å². The van der Waals surface area contributed by atoms with Crippen LogP contribution >= 0.6 is 0 Å². The van der Waals surface area contributed by atoms with Crippen LogP contribution in [0.4, 0.5) is 4.79 Å². The lowest BCUT2D eigenvalue weighted by Gasteiger charge is -2.09. The van der Waals surface area contributed by atoms with Crippen LogP contribution in [-0.2, 0) is 6.54 Å². The molecule has 0 saturated carbocycles. The summed E-state index contributed by atoms with van der Waals surface area (Å²) in [6.45, 7) is 4.62. The van der Waals surface area contributed by atoms with E-state index in [0.29, 0.717) is 18.2 Å². The van der Waals surface area contributed by atoms with Gasteiger partial charge in [-0.2, -0.15) is 0 Å². The van der Waals surface area contributed by atoms with E-state index in [2.05, 4.69) is 24.1 Å². The normalized spacial score (nSPS) is 10.3. The van der Waals surface area contributed by atoms with Crippen LogP contribution in [0.2, 0.25) is 0 Å². The minimum Gasteiger partial charge on any atom is -0.410 e. The Kier molecular flexibility index (Phi) is 4.71. The van der Waals surface area contributed by atoms with E-state index in [9.17, 15) is 4.79 Å². The fourth-order valence-corrected chi connectivity index (χ4v) is 1.73. The molecular weight excluding hydrogens is 252 g/mol. The quantitative estimate of drug-likeness (QED) is 0.922. The van der Waals surface area contributed by atoms with Crippen LogP contribution in [0.1, 0.15) is 32.3 Å². The molecular formula is C16H20N2O2. The highest BCUT2D eigenvalue weighted by atomic mass is 16.5. The minimum atomic E-state index is -0.467. The molecule has 2 rings (SSSR count). The van der Waals surface area contributed by atoms with Crippen molar-refractivity contribution in [1.82, 2.24) is 10.3 Å². The molecule has 0 atom stereocenters. The number of carbonyl (C=O) groups is 1. The average Bonchev–Trinajstić information content (AvgIpc) is 2.46. The van der Waals surface area contributed by atoms with Gasteiger partial charge in [-0.3, -0.25) is 4.98 Å². The summed E-state index contributed by atoms with van der Waals surface area (Å²) in [5.74, 6) is 0.942. The molecule has 0 saturated heterocycles. The monoisotopic (exact) mass is 272 g/mol. The van der Waals surface area contributed by atoms with Gasteiger partial charge < -0.3 is 10.1 Å². The molecule has 0 fully saturated rings. The summed E-state index contributed by atoms with van der Waals surface area (Å²) in [5, 5.41) is 2.71. The highest BCUT2D eigenvalue weighted by Gasteiger charge is 2.05. The Morgan fingerprint density at radius 3 is 2.75 bits per heavy atom. The van der Waals surface area contributed by atoms with E-state index in [-0.39, 0.29) is 1.43 Å². The van der Waals surface area contributed by atoms with Crippen LogP contribution in [0.3, 0.4) is 0 Å². The van der Waals surface area contributed by atoms with Crippen molar-refractivity contribution >= 4 is 6.09 Å². The van der Waals surface area contributed by atoms with Crippen molar-refractivity contribution < 1.29 is 11.0 Å². The molecule has 1 heterocycles. The van der Waals surface area contributed by atoms with Crippen LogP contribution in [-0.4, -0.2) is 11.1 Å². The molecule has 1 N–H and O–H groups in total. The van der Waals surface area contributed by atoms with Crippen molar-refractivity contribution in [1.29, 1.82) is 0 Å². The van der Waals surface area contributed by atoms with Gasteiger partial charge in [0.2, 0.25) is 0 Å². The second-order valence-corrected chi connectivity index (χ2v) is 4.84. The van der Waals surface area contributed by atoms with Gasteiger partial charge in [-0.1, -0.05) is 38.1 Å².